The molecular formula is C13H11NO3Se. The molecule has 1 saturated heterocycles. The molecule has 1 aromatic rings. The fourth-order valence-corrected chi connectivity index (χ4v) is 4.61. The van der Waals surface area contributed by atoms with Crippen LogP contribution < -0.4 is 3.92 Å². The Morgan fingerprint density at radius 2 is 1.72 bits per heavy atom. The van der Waals surface area contributed by atoms with E-state index in [1.54, 1.807) is 3.92 Å². The van der Waals surface area contributed by atoms with E-state index in [1.807, 2.05) is 24.3 Å². The number of aromatic hydroxyl groups is 2. The topological polar surface area (TPSA) is 60.8 Å². The van der Waals surface area contributed by atoms with E-state index < -0.39 is 0 Å². The van der Waals surface area contributed by atoms with Crippen LogP contribution in [0.4, 0.5) is 5.69 Å². The van der Waals surface area contributed by atoms with Crippen LogP contribution in [-0.4, -0.2) is 31.3 Å². The summed E-state index contributed by atoms with van der Waals surface area (Å²) >= 11 is -0.0384. The monoisotopic (exact) mass is 309 g/mol. The number of carbonyl (C=O) groups is 1. The number of phenolic OH excluding ortho intramolecular Hbond substituents is 2. The number of fused-ring (bicyclic) bond motifs is 1. The fraction of sp³-hybridized carbons (Fsp3) is 0.154. The summed E-state index contributed by atoms with van der Waals surface area (Å²) in [4.78, 5) is 12.5. The molecule has 0 saturated carbocycles. The minimum absolute atomic E-state index is 0.0328. The van der Waals surface area contributed by atoms with Crippen LogP contribution in [0.1, 0.15) is 0 Å². The third-order valence-electron chi connectivity index (χ3n) is 2.92. The zero-order valence-electron chi connectivity index (χ0n) is 9.35. The number of amides is 1. The summed E-state index contributed by atoms with van der Waals surface area (Å²) < 4.78 is 1.67. The molecule has 2 aliphatic rings. The van der Waals surface area contributed by atoms with Gasteiger partial charge in [0.2, 0.25) is 0 Å². The van der Waals surface area contributed by atoms with E-state index >= 15 is 0 Å². The molecule has 0 radical (unpaired) electrons. The number of nitrogens with zero attached hydrogens (tertiary/aromatic N) is 1. The van der Waals surface area contributed by atoms with Crippen LogP contribution in [0.5, 0.6) is 11.5 Å². The van der Waals surface area contributed by atoms with Crippen LogP contribution >= 0.6 is 0 Å². The van der Waals surface area contributed by atoms with E-state index in [4.69, 9.17) is 0 Å². The van der Waals surface area contributed by atoms with Gasteiger partial charge in [0.15, 0.2) is 0 Å². The van der Waals surface area contributed by atoms with Crippen molar-refractivity contribution in [1.82, 2.24) is 0 Å². The number of phenols is 2. The van der Waals surface area contributed by atoms with Crippen LogP contribution in [0.3, 0.4) is 0 Å². The predicted octanol–water partition coefficient (Wildman–Crippen LogP) is 1.59. The van der Waals surface area contributed by atoms with Crippen molar-refractivity contribution in [2.24, 2.45) is 5.92 Å². The van der Waals surface area contributed by atoms with E-state index in [0.29, 0.717) is 5.69 Å². The third kappa shape index (κ3) is 1.81. The second-order valence-electron chi connectivity index (χ2n) is 4.21. The summed E-state index contributed by atoms with van der Waals surface area (Å²) in [7, 11) is 0. The molecule has 1 amide bonds. The molecule has 18 heavy (non-hydrogen) atoms. The molecule has 1 aliphatic heterocycles. The van der Waals surface area contributed by atoms with Gasteiger partial charge in [-0.15, -0.1) is 0 Å². The number of rotatable bonds is 1. The molecule has 0 spiro atoms. The van der Waals surface area contributed by atoms with Crippen molar-refractivity contribution in [3.8, 4) is 11.5 Å². The van der Waals surface area contributed by atoms with Gasteiger partial charge in [0.25, 0.3) is 0 Å². The molecule has 2 unspecified atom stereocenters. The summed E-state index contributed by atoms with van der Waals surface area (Å²) in [5.74, 6) is -0.130. The van der Waals surface area contributed by atoms with Crippen LogP contribution in [0, 0.1) is 5.92 Å². The van der Waals surface area contributed by atoms with Gasteiger partial charge in [-0.05, 0) is 0 Å². The van der Waals surface area contributed by atoms with Gasteiger partial charge >= 0.3 is 110 Å². The predicted molar refractivity (Wildman–Crippen MR) is 68.5 cm³/mol. The Morgan fingerprint density at radius 3 is 2.39 bits per heavy atom. The van der Waals surface area contributed by atoms with Crippen molar-refractivity contribution in [2.45, 2.75) is 4.82 Å². The van der Waals surface area contributed by atoms with Gasteiger partial charge in [-0.2, -0.15) is 0 Å². The Morgan fingerprint density at radius 1 is 1.06 bits per heavy atom. The van der Waals surface area contributed by atoms with Gasteiger partial charge < -0.3 is 0 Å². The van der Waals surface area contributed by atoms with Crippen molar-refractivity contribution in [3.05, 3.63) is 42.5 Å². The standard InChI is InChI=1S/C13H11NO3Se/c15-9-5-8(6-10(16)7-9)14-13(17)11-3-1-2-4-12(11)18-14/h1-7,11-12,15-16H. The average Bonchev–Trinajstić information content (AvgIpc) is 2.66. The minimum atomic E-state index is -0.0977. The summed E-state index contributed by atoms with van der Waals surface area (Å²) in [6, 6.07) is 4.26. The second kappa shape index (κ2) is 4.19. The van der Waals surface area contributed by atoms with E-state index in [9.17, 15) is 15.0 Å². The maximum absolute atomic E-state index is 12.3. The molecule has 1 aromatic carbocycles. The zero-order valence-corrected chi connectivity index (χ0v) is 11.1. The Kier molecular flexibility index (Phi) is 2.65. The van der Waals surface area contributed by atoms with Gasteiger partial charge in [0, 0.05) is 0 Å². The zero-order chi connectivity index (χ0) is 12.7. The van der Waals surface area contributed by atoms with E-state index in [1.165, 1.54) is 18.2 Å². The first kappa shape index (κ1) is 11.4. The van der Waals surface area contributed by atoms with Gasteiger partial charge in [-0.1, -0.05) is 0 Å². The summed E-state index contributed by atoms with van der Waals surface area (Å²) in [6.45, 7) is 0. The SMILES string of the molecule is O=C1C2C=CC=CC2[Se]N1c1cc(O)cc(O)c1. The van der Waals surface area contributed by atoms with E-state index in [0.717, 1.165) is 0 Å². The van der Waals surface area contributed by atoms with E-state index in [2.05, 4.69) is 0 Å². The molecule has 1 fully saturated rings. The maximum atomic E-state index is 12.3. The third-order valence-corrected chi connectivity index (χ3v) is 5.64. The molecule has 4 nitrogen and oxygen atoms in total. The van der Waals surface area contributed by atoms with Crippen LogP contribution in [-0.2, 0) is 4.79 Å². The van der Waals surface area contributed by atoms with Crippen molar-refractivity contribution in [3.63, 3.8) is 0 Å². The molecule has 5 heteroatoms. The Hall–Kier alpha value is -1.71. The van der Waals surface area contributed by atoms with Crippen molar-refractivity contribution in [1.29, 1.82) is 0 Å². The number of hydrogen-bond acceptors (Lipinski definition) is 3. The number of anilines is 1. The average molecular weight is 308 g/mol. The summed E-state index contributed by atoms with van der Waals surface area (Å²) in [5, 5.41) is 19.0. The molecule has 1 heterocycles. The molecular weight excluding hydrogens is 297 g/mol. The van der Waals surface area contributed by atoms with Crippen molar-refractivity contribution < 1.29 is 15.0 Å². The van der Waals surface area contributed by atoms with Crippen LogP contribution in [0.15, 0.2) is 42.5 Å². The van der Waals surface area contributed by atoms with Gasteiger partial charge in [0.1, 0.15) is 0 Å². The normalized spacial score (nSPS) is 25.6. The van der Waals surface area contributed by atoms with E-state index in [-0.39, 0.29) is 43.3 Å². The number of allylic oxidation sites excluding steroid dienone is 3. The van der Waals surface area contributed by atoms with Crippen LogP contribution in [0.25, 0.3) is 0 Å². The molecule has 2 atom stereocenters. The quantitative estimate of drug-likeness (QED) is 0.775. The Balaban J connectivity index is 1.96. The first-order valence-corrected chi connectivity index (χ1v) is 7.29. The Bertz CT molecular complexity index is 547. The summed E-state index contributed by atoms with van der Waals surface area (Å²) in [5.41, 5.74) is 0.564. The number of hydrogen-bond donors (Lipinski definition) is 2. The second-order valence-corrected chi connectivity index (χ2v) is 6.56. The Labute approximate surface area is 111 Å². The van der Waals surface area contributed by atoms with Gasteiger partial charge in [-0.3, -0.25) is 0 Å². The number of benzene rings is 1. The van der Waals surface area contributed by atoms with Gasteiger partial charge in [-0.25, -0.2) is 0 Å². The summed E-state index contributed by atoms with van der Waals surface area (Å²) in [6.07, 6.45) is 7.81. The molecule has 0 aromatic heterocycles. The van der Waals surface area contributed by atoms with Crippen molar-refractivity contribution >= 4 is 26.8 Å². The molecule has 0 bridgehead atoms. The molecule has 1 aliphatic carbocycles. The molecule has 92 valence electrons. The van der Waals surface area contributed by atoms with Crippen molar-refractivity contribution in [2.75, 3.05) is 3.92 Å². The number of carbonyl (C=O) groups excluding carboxylic acids is 1. The first-order chi connectivity index (χ1) is 8.65. The fourth-order valence-electron chi connectivity index (χ4n) is 2.10. The van der Waals surface area contributed by atoms with Gasteiger partial charge in [0.05, 0.1) is 0 Å². The molecule has 3 rings (SSSR count). The molecule has 2 N–H and O–H groups in total. The first-order valence-electron chi connectivity index (χ1n) is 5.54. The van der Waals surface area contributed by atoms with Crippen LogP contribution in [0.2, 0.25) is 4.82 Å².